The van der Waals surface area contributed by atoms with Crippen molar-refractivity contribution in [2.24, 2.45) is 5.92 Å². The normalized spacial score (nSPS) is 12.1. The molecule has 1 aromatic heterocycles. The minimum atomic E-state index is -0.798. The predicted octanol–water partition coefficient (Wildman–Crippen LogP) is 1.68. The number of rotatable bonds is 5. The summed E-state index contributed by atoms with van der Waals surface area (Å²) in [6, 6.07) is 2.08. The average Bonchev–Trinajstić information content (AvgIpc) is 2.53. The molecule has 92 valence electrons. The minimum absolute atomic E-state index is 0.413. The number of nitrogens with zero attached hydrogens (tertiary/aromatic N) is 3. The Kier molecular flexibility index (Phi) is 4.27. The molecule has 0 saturated carbocycles. The molecule has 0 bridgehead atoms. The second-order valence-corrected chi connectivity index (χ2v) is 4.22. The Labute approximate surface area is 101 Å². The highest BCUT2D eigenvalue weighted by atomic mass is 16.4. The van der Waals surface area contributed by atoms with E-state index in [0.717, 1.165) is 17.0 Å². The Morgan fingerprint density at radius 3 is 2.76 bits per heavy atom. The van der Waals surface area contributed by atoms with E-state index in [9.17, 15) is 4.79 Å². The van der Waals surface area contributed by atoms with Gasteiger partial charge in [-0.15, -0.1) is 0 Å². The van der Waals surface area contributed by atoms with Crippen LogP contribution in [0.5, 0.6) is 0 Å². The molecule has 0 aliphatic carbocycles. The summed E-state index contributed by atoms with van der Waals surface area (Å²) in [6.07, 6.45) is 0.898. The zero-order chi connectivity index (χ0) is 13.0. The smallest absolute Gasteiger partial charge is 0.306 e. The second kappa shape index (κ2) is 5.48. The van der Waals surface area contributed by atoms with Gasteiger partial charge in [-0.25, -0.2) is 0 Å². The molecule has 5 heteroatoms. The van der Waals surface area contributed by atoms with Gasteiger partial charge in [-0.05, 0) is 25.8 Å². The number of aryl methyl sites for hydroxylation is 2. The van der Waals surface area contributed by atoms with Crippen molar-refractivity contribution < 1.29 is 9.90 Å². The molecule has 0 aliphatic rings. The number of aliphatic carboxylic acids is 1. The van der Waals surface area contributed by atoms with Crippen LogP contribution in [0.1, 0.15) is 30.3 Å². The van der Waals surface area contributed by atoms with E-state index in [-0.39, 0.29) is 0 Å². The summed E-state index contributed by atoms with van der Waals surface area (Å²) in [7, 11) is 0. The standard InChI is InChI=1S/C12H17N3O2/c1-8(12(16)17)7-11-9(2)14-15(10(11)3)6-4-5-13/h8H,4,6-7H2,1-3H3,(H,16,17). The number of carboxylic acids is 1. The summed E-state index contributed by atoms with van der Waals surface area (Å²) in [5, 5.41) is 21.8. The van der Waals surface area contributed by atoms with Gasteiger partial charge >= 0.3 is 5.97 Å². The van der Waals surface area contributed by atoms with Crippen molar-refractivity contribution in [3.63, 3.8) is 0 Å². The molecule has 5 nitrogen and oxygen atoms in total. The highest BCUT2D eigenvalue weighted by Gasteiger charge is 2.18. The summed E-state index contributed by atoms with van der Waals surface area (Å²) in [6.45, 7) is 6.04. The molecule has 0 spiro atoms. The Hall–Kier alpha value is -1.83. The van der Waals surface area contributed by atoms with Gasteiger partial charge < -0.3 is 5.11 Å². The van der Waals surface area contributed by atoms with Crippen LogP contribution >= 0.6 is 0 Å². The largest absolute Gasteiger partial charge is 0.481 e. The number of carbonyl (C=O) groups is 1. The first-order valence-electron chi connectivity index (χ1n) is 5.60. The third-order valence-electron chi connectivity index (χ3n) is 2.90. The van der Waals surface area contributed by atoms with Crippen LogP contribution in [-0.4, -0.2) is 20.9 Å². The third-order valence-corrected chi connectivity index (χ3v) is 2.90. The van der Waals surface area contributed by atoms with Crippen molar-refractivity contribution in [1.29, 1.82) is 5.26 Å². The predicted molar refractivity (Wildman–Crippen MR) is 62.4 cm³/mol. The van der Waals surface area contributed by atoms with E-state index in [2.05, 4.69) is 11.2 Å². The number of hydrogen-bond donors (Lipinski definition) is 1. The molecular weight excluding hydrogens is 218 g/mol. The number of carboxylic acid groups (broad SMARTS) is 1. The lowest BCUT2D eigenvalue weighted by molar-refractivity contribution is -0.141. The molecule has 0 aliphatic heterocycles. The first-order valence-corrected chi connectivity index (χ1v) is 5.60. The molecule has 17 heavy (non-hydrogen) atoms. The van der Waals surface area contributed by atoms with Gasteiger partial charge in [0, 0.05) is 5.69 Å². The van der Waals surface area contributed by atoms with Crippen LogP contribution in [0.2, 0.25) is 0 Å². The molecule has 0 radical (unpaired) electrons. The fraction of sp³-hybridized carbons (Fsp3) is 0.583. The summed E-state index contributed by atoms with van der Waals surface area (Å²) >= 11 is 0. The molecule has 1 rings (SSSR count). The maximum absolute atomic E-state index is 10.8. The Bertz CT molecular complexity index is 457. The van der Waals surface area contributed by atoms with Crippen LogP contribution in [0.4, 0.5) is 0 Å². The fourth-order valence-corrected chi connectivity index (χ4v) is 1.80. The lowest BCUT2D eigenvalue weighted by Crippen LogP contribution is -2.13. The lowest BCUT2D eigenvalue weighted by Gasteiger charge is -2.07. The molecule has 1 N–H and O–H groups in total. The topological polar surface area (TPSA) is 78.9 Å². The lowest BCUT2D eigenvalue weighted by atomic mass is 10.00. The summed E-state index contributed by atoms with van der Waals surface area (Å²) in [4.78, 5) is 10.8. The van der Waals surface area contributed by atoms with Gasteiger partial charge in [0.15, 0.2) is 0 Å². The quantitative estimate of drug-likeness (QED) is 0.842. The van der Waals surface area contributed by atoms with Gasteiger partial charge in [0.05, 0.1) is 30.6 Å². The maximum Gasteiger partial charge on any atom is 0.306 e. The van der Waals surface area contributed by atoms with Crippen molar-refractivity contribution in [3.05, 3.63) is 17.0 Å². The van der Waals surface area contributed by atoms with Crippen LogP contribution in [0, 0.1) is 31.1 Å². The van der Waals surface area contributed by atoms with Crippen molar-refractivity contribution in [1.82, 2.24) is 9.78 Å². The SMILES string of the molecule is Cc1nn(CCC#N)c(C)c1CC(C)C(=O)O. The van der Waals surface area contributed by atoms with Crippen LogP contribution in [-0.2, 0) is 17.8 Å². The summed E-state index contributed by atoms with van der Waals surface area (Å²) < 4.78 is 1.78. The molecule has 1 unspecified atom stereocenters. The van der Waals surface area contributed by atoms with Gasteiger partial charge in [0.2, 0.25) is 0 Å². The number of aromatic nitrogens is 2. The van der Waals surface area contributed by atoms with E-state index in [1.165, 1.54) is 0 Å². The highest BCUT2D eigenvalue weighted by Crippen LogP contribution is 2.18. The van der Waals surface area contributed by atoms with Crippen LogP contribution in [0.3, 0.4) is 0 Å². The molecular formula is C12H17N3O2. The summed E-state index contributed by atoms with van der Waals surface area (Å²) in [5.41, 5.74) is 2.80. The fourth-order valence-electron chi connectivity index (χ4n) is 1.80. The molecule has 0 fully saturated rings. The third kappa shape index (κ3) is 3.06. The van der Waals surface area contributed by atoms with Gasteiger partial charge in [0.1, 0.15) is 0 Å². The van der Waals surface area contributed by atoms with Crippen LogP contribution < -0.4 is 0 Å². The van der Waals surface area contributed by atoms with Crippen molar-refractivity contribution in [3.8, 4) is 6.07 Å². The molecule has 1 aromatic rings. The van der Waals surface area contributed by atoms with Crippen molar-refractivity contribution in [2.45, 2.75) is 40.2 Å². The first kappa shape index (κ1) is 13.2. The molecule has 0 aromatic carbocycles. The zero-order valence-electron chi connectivity index (χ0n) is 10.4. The number of nitriles is 1. The van der Waals surface area contributed by atoms with Crippen molar-refractivity contribution >= 4 is 5.97 Å². The van der Waals surface area contributed by atoms with Crippen LogP contribution in [0.15, 0.2) is 0 Å². The van der Waals surface area contributed by atoms with E-state index in [0.29, 0.717) is 19.4 Å². The molecule has 1 heterocycles. The minimum Gasteiger partial charge on any atom is -0.481 e. The maximum atomic E-state index is 10.8. The monoisotopic (exact) mass is 235 g/mol. The van der Waals surface area contributed by atoms with E-state index in [1.807, 2.05) is 13.8 Å². The van der Waals surface area contributed by atoms with Gasteiger partial charge in [0.25, 0.3) is 0 Å². The molecule has 0 saturated heterocycles. The van der Waals surface area contributed by atoms with Gasteiger partial charge in [-0.3, -0.25) is 9.48 Å². The molecule has 0 amide bonds. The average molecular weight is 235 g/mol. The number of hydrogen-bond acceptors (Lipinski definition) is 3. The zero-order valence-corrected chi connectivity index (χ0v) is 10.4. The van der Waals surface area contributed by atoms with Crippen LogP contribution in [0.25, 0.3) is 0 Å². The second-order valence-electron chi connectivity index (χ2n) is 4.22. The highest BCUT2D eigenvalue weighted by molar-refractivity contribution is 5.70. The van der Waals surface area contributed by atoms with Crippen molar-refractivity contribution in [2.75, 3.05) is 0 Å². The van der Waals surface area contributed by atoms with E-state index >= 15 is 0 Å². The van der Waals surface area contributed by atoms with Gasteiger partial charge in [-0.2, -0.15) is 10.4 Å². The van der Waals surface area contributed by atoms with E-state index in [1.54, 1.807) is 11.6 Å². The van der Waals surface area contributed by atoms with E-state index in [4.69, 9.17) is 10.4 Å². The Morgan fingerprint density at radius 1 is 1.59 bits per heavy atom. The van der Waals surface area contributed by atoms with Gasteiger partial charge in [-0.1, -0.05) is 6.92 Å². The Balaban J connectivity index is 2.90. The first-order chi connectivity index (χ1) is 7.97. The van der Waals surface area contributed by atoms with E-state index < -0.39 is 11.9 Å². The molecule has 1 atom stereocenters. The summed E-state index contributed by atoms with van der Waals surface area (Å²) in [5.74, 6) is -1.21. The Morgan fingerprint density at radius 2 is 2.24 bits per heavy atom.